The molecule has 15 heavy (non-hydrogen) atoms. The van der Waals surface area contributed by atoms with Crippen LogP contribution < -0.4 is 5.73 Å². The molecule has 7 heteroatoms. The summed E-state index contributed by atoms with van der Waals surface area (Å²) in [5, 5.41) is 0. The maximum Gasteiger partial charge on any atom is 0.416 e. The summed E-state index contributed by atoms with van der Waals surface area (Å²) in [6.45, 7) is 0. The van der Waals surface area contributed by atoms with E-state index >= 15 is 0 Å². The quantitative estimate of drug-likeness (QED) is 0.663. The van der Waals surface area contributed by atoms with Gasteiger partial charge in [-0.3, -0.25) is 0 Å². The van der Waals surface area contributed by atoms with E-state index in [0.717, 1.165) is 0 Å². The van der Waals surface area contributed by atoms with Gasteiger partial charge in [-0.25, -0.2) is 0 Å². The highest BCUT2D eigenvalue weighted by atomic mass is 19.4. The van der Waals surface area contributed by atoms with Crippen molar-refractivity contribution >= 4 is 5.69 Å². The maximum atomic E-state index is 12.1. The summed E-state index contributed by atoms with van der Waals surface area (Å²) in [5.41, 5.74) is 0.0567. The third-order valence-corrected chi connectivity index (χ3v) is 1.65. The molecule has 0 radical (unpaired) electrons. The second kappa shape index (κ2) is 3.41. The summed E-state index contributed by atoms with van der Waals surface area (Å²) in [6, 6.07) is 1.19. The average Bonchev–Trinajstić information content (AvgIpc) is 1.99. The third kappa shape index (κ3) is 2.85. The first-order valence-corrected chi connectivity index (χ1v) is 3.72. The molecule has 1 aromatic carbocycles. The Morgan fingerprint density at radius 2 is 1.07 bits per heavy atom. The summed E-state index contributed by atoms with van der Waals surface area (Å²) in [6.07, 6.45) is -9.60. The molecule has 3 N–H and O–H groups in total. The van der Waals surface area contributed by atoms with Crippen molar-refractivity contribution in [3.63, 3.8) is 0 Å². The largest absolute Gasteiger partial charge is 0.416 e. The van der Waals surface area contributed by atoms with Gasteiger partial charge in [0.2, 0.25) is 0 Å². The second-order valence-electron chi connectivity index (χ2n) is 2.91. The predicted octanol–water partition coefficient (Wildman–Crippen LogP) is 2.60. The normalized spacial score (nSPS) is 13.0. The van der Waals surface area contributed by atoms with E-state index in [1.807, 2.05) is 0 Å². The Hall–Kier alpha value is -1.24. The molecule has 84 valence electrons. The zero-order valence-electron chi connectivity index (χ0n) is 7.21. The Labute approximate surface area is 80.5 Å². The van der Waals surface area contributed by atoms with Crippen molar-refractivity contribution in [2.45, 2.75) is 12.4 Å². The standard InChI is InChI=1S/C8H5F6N/c9-7(10,11)4-1-5(8(12,13)14)3-6(15)2-4/h1-3H,15H2/p+1. The van der Waals surface area contributed by atoms with Crippen LogP contribution in [0, 0.1) is 0 Å². The molecule has 0 heterocycles. The van der Waals surface area contributed by atoms with Gasteiger partial charge in [-0.15, -0.1) is 0 Å². The van der Waals surface area contributed by atoms with Gasteiger partial charge in [0.15, 0.2) is 0 Å². The van der Waals surface area contributed by atoms with E-state index in [1.54, 1.807) is 0 Å². The maximum absolute atomic E-state index is 12.1. The average molecular weight is 230 g/mol. The van der Waals surface area contributed by atoms with Crippen LogP contribution in [-0.2, 0) is 12.4 Å². The van der Waals surface area contributed by atoms with Crippen LogP contribution in [0.25, 0.3) is 0 Å². The molecular weight excluding hydrogens is 224 g/mol. The van der Waals surface area contributed by atoms with Gasteiger partial charge < -0.3 is 5.73 Å². The van der Waals surface area contributed by atoms with E-state index in [2.05, 4.69) is 5.73 Å². The Morgan fingerprint density at radius 3 is 1.33 bits per heavy atom. The first-order chi connectivity index (χ1) is 6.60. The molecule has 0 bridgehead atoms. The van der Waals surface area contributed by atoms with Crippen LogP contribution in [0.1, 0.15) is 11.1 Å². The number of benzene rings is 1. The predicted molar refractivity (Wildman–Crippen MR) is 39.0 cm³/mol. The molecule has 0 aliphatic heterocycles. The minimum atomic E-state index is -4.80. The smallest absolute Gasteiger partial charge is 0.325 e. The highest BCUT2D eigenvalue weighted by Crippen LogP contribution is 2.36. The molecule has 0 aromatic heterocycles. The first-order valence-electron chi connectivity index (χ1n) is 3.72. The van der Waals surface area contributed by atoms with Crippen molar-refractivity contribution in [1.82, 2.24) is 0 Å². The van der Waals surface area contributed by atoms with Gasteiger partial charge in [-0.05, 0) is 6.07 Å². The van der Waals surface area contributed by atoms with Crippen molar-refractivity contribution in [1.29, 1.82) is 0 Å². The molecule has 0 fully saturated rings. The Morgan fingerprint density at radius 1 is 0.733 bits per heavy atom. The van der Waals surface area contributed by atoms with E-state index in [4.69, 9.17) is 0 Å². The molecule has 0 saturated heterocycles. The lowest BCUT2D eigenvalue weighted by molar-refractivity contribution is -0.256. The van der Waals surface area contributed by atoms with Crippen molar-refractivity contribution in [2.75, 3.05) is 0 Å². The second-order valence-corrected chi connectivity index (χ2v) is 2.91. The summed E-state index contributed by atoms with van der Waals surface area (Å²) in [4.78, 5) is 0. The number of halogens is 6. The van der Waals surface area contributed by atoms with Crippen molar-refractivity contribution in [2.24, 2.45) is 0 Å². The molecule has 0 amide bonds. The number of hydrogen-bond donors (Lipinski definition) is 1. The monoisotopic (exact) mass is 230 g/mol. The van der Waals surface area contributed by atoms with Gasteiger partial charge in [-0.1, -0.05) is 0 Å². The van der Waals surface area contributed by atoms with Gasteiger partial charge >= 0.3 is 12.4 Å². The molecule has 0 unspecified atom stereocenters. The van der Waals surface area contributed by atoms with Gasteiger partial charge in [0.1, 0.15) is 5.69 Å². The molecule has 0 aliphatic carbocycles. The Bertz CT molecular complexity index is 332. The number of rotatable bonds is 0. The third-order valence-electron chi connectivity index (χ3n) is 1.65. The van der Waals surface area contributed by atoms with Gasteiger partial charge in [0.05, 0.1) is 11.1 Å². The number of quaternary nitrogens is 1. The van der Waals surface area contributed by atoms with Crippen LogP contribution in [0.3, 0.4) is 0 Å². The summed E-state index contributed by atoms with van der Waals surface area (Å²) >= 11 is 0. The van der Waals surface area contributed by atoms with Gasteiger partial charge in [-0.2, -0.15) is 26.3 Å². The zero-order chi connectivity index (χ0) is 11.9. The summed E-state index contributed by atoms with van der Waals surface area (Å²) < 4.78 is 72.8. The highest BCUT2D eigenvalue weighted by molar-refractivity contribution is 5.40. The van der Waals surface area contributed by atoms with E-state index in [9.17, 15) is 26.3 Å². The lowest BCUT2D eigenvalue weighted by atomic mass is 10.1. The fourth-order valence-corrected chi connectivity index (χ4v) is 1.02. The molecule has 0 saturated carbocycles. The van der Waals surface area contributed by atoms with Crippen LogP contribution >= 0.6 is 0 Å². The molecule has 0 atom stereocenters. The molecule has 0 aliphatic rings. The molecule has 1 nitrogen and oxygen atoms in total. The van der Waals surface area contributed by atoms with Crippen molar-refractivity contribution in [3.05, 3.63) is 29.3 Å². The van der Waals surface area contributed by atoms with Crippen LogP contribution in [0.5, 0.6) is 0 Å². The Kier molecular flexibility index (Phi) is 2.69. The minimum absolute atomic E-state index is 0.0642. The fourth-order valence-electron chi connectivity index (χ4n) is 1.02. The summed E-state index contributed by atoms with van der Waals surface area (Å²) in [7, 11) is 0. The molecule has 0 spiro atoms. The number of hydrogen-bond acceptors (Lipinski definition) is 0. The van der Waals surface area contributed by atoms with Crippen LogP contribution in [0.4, 0.5) is 32.0 Å². The van der Waals surface area contributed by atoms with E-state index in [1.165, 1.54) is 0 Å². The van der Waals surface area contributed by atoms with Crippen LogP contribution in [0.15, 0.2) is 18.2 Å². The molecule has 1 rings (SSSR count). The topological polar surface area (TPSA) is 27.6 Å². The van der Waals surface area contributed by atoms with Crippen molar-refractivity contribution in [3.8, 4) is 0 Å². The Balaban J connectivity index is 3.30. The van der Waals surface area contributed by atoms with E-state index < -0.39 is 23.5 Å². The van der Waals surface area contributed by atoms with Crippen LogP contribution in [-0.4, -0.2) is 0 Å². The lowest BCUT2D eigenvalue weighted by Crippen LogP contribution is -2.40. The van der Waals surface area contributed by atoms with E-state index in [-0.39, 0.29) is 11.8 Å². The highest BCUT2D eigenvalue weighted by Gasteiger charge is 2.37. The van der Waals surface area contributed by atoms with Gasteiger partial charge in [0.25, 0.3) is 0 Å². The van der Waals surface area contributed by atoms with E-state index in [0.29, 0.717) is 12.1 Å². The zero-order valence-corrected chi connectivity index (χ0v) is 7.21. The first kappa shape index (κ1) is 11.8. The SMILES string of the molecule is [NH3+]c1cc(C(F)(F)F)cc(C(F)(F)F)c1. The minimum Gasteiger partial charge on any atom is -0.325 e. The number of alkyl halides is 6. The lowest BCUT2D eigenvalue weighted by Gasteiger charge is -2.11. The molecular formula is C8H6F6N+. The van der Waals surface area contributed by atoms with Gasteiger partial charge in [0, 0.05) is 12.1 Å². The van der Waals surface area contributed by atoms with Crippen LogP contribution in [0.2, 0.25) is 0 Å². The fraction of sp³-hybridized carbons (Fsp3) is 0.250. The van der Waals surface area contributed by atoms with Crippen molar-refractivity contribution < 1.29 is 32.1 Å². The summed E-state index contributed by atoms with van der Waals surface area (Å²) in [5.74, 6) is 0. The molecule has 1 aromatic rings.